The molecule has 0 aliphatic rings. The maximum atomic E-state index is 4.51. The number of nitrogens with one attached hydrogen (secondary N) is 1. The fourth-order valence-corrected chi connectivity index (χ4v) is 3.00. The number of anilines is 1. The lowest BCUT2D eigenvalue weighted by atomic mass is 10.3. The van der Waals surface area contributed by atoms with Crippen LogP contribution in [0.25, 0.3) is 10.2 Å². The van der Waals surface area contributed by atoms with Gasteiger partial charge in [0, 0.05) is 6.54 Å². The molecule has 0 amide bonds. The summed E-state index contributed by atoms with van der Waals surface area (Å²) < 4.78 is 1.89. The van der Waals surface area contributed by atoms with Crippen molar-refractivity contribution in [3.63, 3.8) is 0 Å². The van der Waals surface area contributed by atoms with Crippen molar-refractivity contribution in [2.45, 2.75) is 33.4 Å². The van der Waals surface area contributed by atoms with Crippen LogP contribution < -0.4 is 5.32 Å². The third-order valence-corrected chi connectivity index (χ3v) is 3.93. The van der Waals surface area contributed by atoms with E-state index in [1.807, 2.05) is 23.1 Å². The van der Waals surface area contributed by atoms with Gasteiger partial charge < -0.3 is 5.32 Å². The molecule has 6 nitrogen and oxygen atoms in total. The third-order valence-electron chi connectivity index (χ3n) is 3.12. The minimum atomic E-state index is 0.0369. The van der Waals surface area contributed by atoms with E-state index >= 15 is 0 Å². The summed E-state index contributed by atoms with van der Waals surface area (Å²) in [6, 6.07) is 2.08. The number of hydrogen-bond acceptors (Lipinski definition) is 6. The molecule has 20 heavy (non-hydrogen) atoms. The number of thiophene rings is 1. The van der Waals surface area contributed by atoms with Crippen molar-refractivity contribution in [1.82, 2.24) is 24.7 Å². The number of aryl methyl sites for hydroxylation is 2. The maximum Gasteiger partial charge on any atom is 0.149 e. The standard InChI is InChI=1S/C13H16N6S/c1-4-19-12(14-7-15-19)8(2)16-11-10-5-6-20-13(10)18-9(3)17-11/h5-8H,4H2,1-3H3,(H,16,17,18)/t8-/m0/s1. The van der Waals surface area contributed by atoms with E-state index < -0.39 is 0 Å². The lowest BCUT2D eigenvalue weighted by molar-refractivity contribution is 0.592. The van der Waals surface area contributed by atoms with Crippen LogP contribution in [-0.2, 0) is 6.54 Å². The van der Waals surface area contributed by atoms with Crippen molar-refractivity contribution >= 4 is 27.4 Å². The molecule has 0 saturated heterocycles. The van der Waals surface area contributed by atoms with Crippen molar-refractivity contribution in [2.24, 2.45) is 0 Å². The summed E-state index contributed by atoms with van der Waals surface area (Å²) in [4.78, 5) is 14.3. The summed E-state index contributed by atoms with van der Waals surface area (Å²) in [5, 5.41) is 10.7. The van der Waals surface area contributed by atoms with E-state index in [9.17, 15) is 0 Å². The topological polar surface area (TPSA) is 68.5 Å². The first-order chi connectivity index (χ1) is 9.69. The Balaban J connectivity index is 1.95. The largest absolute Gasteiger partial charge is 0.360 e. The van der Waals surface area contributed by atoms with E-state index in [1.54, 1.807) is 17.7 Å². The van der Waals surface area contributed by atoms with Gasteiger partial charge in [0.15, 0.2) is 0 Å². The lowest BCUT2D eigenvalue weighted by Gasteiger charge is -2.15. The number of hydrogen-bond donors (Lipinski definition) is 1. The Morgan fingerprint density at radius 1 is 1.40 bits per heavy atom. The highest BCUT2D eigenvalue weighted by Crippen LogP contribution is 2.27. The van der Waals surface area contributed by atoms with Gasteiger partial charge in [-0.15, -0.1) is 11.3 Å². The summed E-state index contributed by atoms with van der Waals surface area (Å²) in [7, 11) is 0. The second-order valence-corrected chi connectivity index (χ2v) is 5.45. The molecule has 3 rings (SSSR count). The van der Waals surface area contributed by atoms with Gasteiger partial charge in [0.25, 0.3) is 0 Å². The van der Waals surface area contributed by atoms with Gasteiger partial charge in [0.05, 0.1) is 11.4 Å². The second-order valence-electron chi connectivity index (χ2n) is 4.56. The summed E-state index contributed by atoms with van der Waals surface area (Å²) in [6.07, 6.45) is 1.59. The van der Waals surface area contributed by atoms with Crippen molar-refractivity contribution < 1.29 is 0 Å². The molecular weight excluding hydrogens is 272 g/mol. The minimum absolute atomic E-state index is 0.0369. The Hall–Kier alpha value is -2.02. The molecule has 7 heteroatoms. The van der Waals surface area contributed by atoms with Crippen LogP contribution in [0, 0.1) is 6.92 Å². The summed E-state index contributed by atoms with van der Waals surface area (Å²) in [5.74, 6) is 2.53. The van der Waals surface area contributed by atoms with E-state index in [0.29, 0.717) is 0 Å². The summed E-state index contributed by atoms with van der Waals surface area (Å²) in [6.45, 7) is 6.82. The molecule has 1 N–H and O–H groups in total. The van der Waals surface area contributed by atoms with E-state index in [4.69, 9.17) is 0 Å². The molecule has 0 bridgehead atoms. The molecule has 1 atom stereocenters. The van der Waals surface area contributed by atoms with Crippen LogP contribution in [0.4, 0.5) is 5.82 Å². The second kappa shape index (κ2) is 5.16. The van der Waals surface area contributed by atoms with Crippen molar-refractivity contribution in [2.75, 3.05) is 5.32 Å². The minimum Gasteiger partial charge on any atom is -0.360 e. The predicted molar refractivity (Wildman–Crippen MR) is 79.9 cm³/mol. The molecule has 3 aromatic heterocycles. The molecule has 0 aromatic carbocycles. The number of aromatic nitrogens is 5. The molecule has 0 fully saturated rings. The SMILES string of the molecule is CCn1ncnc1[C@H](C)Nc1nc(C)nc2sccc12. The summed E-state index contributed by atoms with van der Waals surface area (Å²) >= 11 is 1.62. The van der Waals surface area contributed by atoms with Gasteiger partial charge in [-0.25, -0.2) is 19.6 Å². The van der Waals surface area contributed by atoms with Crippen LogP contribution in [0.1, 0.15) is 31.5 Å². The number of nitrogens with zero attached hydrogens (tertiary/aromatic N) is 5. The van der Waals surface area contributed by atoms with Gasteiger partial charge in [0.2, 0.25) is 0 Å². The van der Waals surface area contributed by atoms with Crippen molar-refractivity contribution in [1.29, 1.82) is 0 Å². The first kappa shape index (κ1) is 13.0. The molecule has 0 unspecified atom stereocenters. The summed E-state index contributed by atoms with van der Waals surface area (Å²) in [5.41, 5.74) is 0. The Morgan fingerprint density at radius 3 is 3.05 bits per heavy atom. The first-order valence-electron chi connectivity index (χ1n) is 6.55. The Bertz CT molecular complexity index is 731. The highest BCUT2D eigenvalue weighted by Gasteiger charge is 2.15. The zero-order valence-electron chi connectivity index (χ0n) is 11.7. The molecule has 3 aromatic rings. The average Bonchev–Trinajstić information content (AvgIpc) is 3.06. The predicted octanol–water partition coefficient (Wildman–Crippen LogP) is 2.78. The molecule has 3 heterocycles. The zero-order valence-corrected chi connectivity index (χ0v) is 12.5. The molecule has 0 spiro atoms. The lowest BCUT2D eigenvalue weighted by Crippen LogP contribution is -2.15. The molecule has 104 valence electrons. The third kappa shape index (κ3) is 2.24. The Morgan fingerprint density at radius 2 is 2.25 bits per heavy atom. The number of fused-ring (bicyclic) bond motifs is 1. The monoisotopic (exact) mass is 288 g/mol. The highest BCUT2D eigenvalue weighted by atomic mass is 32.1. The Labute approximate surface area is 120 Å². The van der Waals surface area contributed by atoms with Crippen LogP contribution in [0.3, 0.4) is 0 Å². The molecule has 0 saturated carbocycles. The molecular formula is C13H16N6S. The fourth-order valence-electron chi connectivity index (χ4n) is 2.19. The van der Waals surface area contributed by atoms with Crippen molar-refractivity contribution in [3.8, 4) is 0 Å². The van der Waals surface area contributed by atoms with Crippen LogP contribution >= 0.6 is 11.3 Å². The van der Waals surface area contributed by atoms with Gasteiger partial charge in [-0.3, -0.25) is 0 Å². The van der Waals surface area contributed by atoms with E-state index in [0.717, 1.165) is 34.2 Å². The quantitative estimate of drug-likeness (QED) is 0.799. The van der Waals surface area contributed by atoms with Gasteiger partial charge >= 0.3 is 0 Å². The normalized spacial score (nSPS) is 12.8. The molecule has 0 radical (unpaired) electrons. The molecule has 0 aliphatic carbocycles. The smallest absolute Gasteiger partial charge is 0.149 e. The average molecular weight is 288 g/mol. The van der Waals surface area contributed by atoms with E-state index in [2.05, 4.69) is 39.2 Å². The van der Waals surface area contributed by atoms with E-state index in [1.165, 1.54) is 0 Å². The van der Waals surface area contributed by atoms with Crippen LogP contribution in [0.2, 0.25) is 0 Å². The highest BCUT2D eigenvalue weighted by molar-refractivity contribution is 7.16. The van der Waals surface area contributed by atoms with Gasteiger partial charge in [-0.2, -0.15) is 5.10 Å². The van der Waals surface area contributed by atoms with Crippen molar-refractivity contribution in [3.05, 3.63) is 29.4 Å². The van der Waals surface area contributed by atoms with Crippen LogP contribution in [0.5, 0.6) is 0 Å². The van der Waals surface area contributed by atoms with Gasteiger partial charge in [0.1, 0.15) is 28.6 Å². The van der Waals surface area contributed by atoms with E-state index in [-0.39, 0.29) is 6.04 Å². The molecule has 0 aliphatic heterocycles. The Kier molecular flexibility index (Phi) is 3.35. The first-order valence-corrected chi connectivity index (χ1v) is 7.43. The number of rotatable bonds is 4. The van der Waals surface area contributed by atoms with Gasteiger partial charge in [-0.1, -0.05) is 0 Å². The van der Waals surface area contributed by atoms with Crippen LogP contribution in [0.15, 0.2) is 17.8 Å². The maximum absolute atomic E-state index is 4.51. The van der Waals surface area contributed by atoms with Crippen LogP contribution in [-0.4, -0.2) is 24.7 Å². The zero-order chi connectivity index (χ0) is 14.1. The van der Waals surface area contributed by atoms with Gasteiger partial charge in [-0.05, 0) is 32.2 Å². The fraction of sp³-hybridized carbons (Fsp3) is 0.385.